The van der Waals surface area contributed by atoms with Crippen LogP contribution in [0.15, 0.2) is 0 Å². The van der Waals surface area contributed by atoms with Crippen LogP contribution in [0.25, 0.3) is 0 Å². The summed E-state index contributed by atoms with van der Waals surface area (Å²) in [7, 11) is 0. The summed E-state index contributed by atoms with van der Waals surface area (Å²) < 4.78 is 0. The zero-order valence-corrected chi connectivity index (χ0v) is 11.0. The SMILES string of the molecule is O=[C]CCCCCCCCCCCCC[C]=O. The van der Waals surface area contributed by atoms with E-state index in [4.69, 9.17) is 0 Å². The van der Waals surface area contributed by atoms with Crippen LogP contribution >= 0.6 is 0 Å². The number of hydrogen-bond acceptors (Lipinski definition) is 2. The van der Waals surface area contributed by atoms with Crippen molar-refractivity contribution in [1.82, 2.24) is 0 Å². The largest absolute Gasteiger partial charge is 0.291 e. The van der Waals surface area contributed by atoms with Gasteiger partial charge in [0, 0.05) is 12.8 Å². The zero-order chi connectivity index (χ0) is 12.6. The molecule has 0 aliphatic carbocycles. The standard InChI is InChI=1S/C15H26O2/c16-14-12-10-8-6-4-2-1-3-5-7-9-11-13-15-17/h1-13H2. The third-order valence-corrected chi connectivity index (χ3v) is 3.06. The van der Waals surface area contributed by atoms with Crippen LogP contribution in [0.2, 0.25) is 0 Å². The summed E-state index contributed by atoms with van der Waals surface area (Å²) in [4.78, 5) is 19.9. The minimum absolute atomic E-state index is 0.609. The minimum atomic E-state index is 0.609. The first kappa shape index (κ1) is 16.3. The summed E-state index contributed by atoms with van der Waals surface area (Å²) in [6.07, 6.45) is 18.6. The van der Waals surface area contributed by atoms with Crippen LogP contribution in [0.1, 0.15) is 83.5 Å². The minimum Gasteiger partial charge on any atom is -0.291 e. The lowest BCUT2D eigenvalue weighted by Gasteiger charge is -2.01. The summed E-state index contributed by atoms with van der Waals surface area (Å²) in [6.45, 7) is 0. The highest BCUT2D eigenvalue weighted by molar-refractivity contribution is 5.50. The molecule has 98 valence electrons. The van der Waals surface area contributed by atoms with Gasteiger partial charge in [0.15, 0.2) is 12.6 Å². The summed E-state index contributed by atoms with van der Waals surface area (Å²) in [6, 6.07) is 0. The highest BCUT2D eigenvalue weighted by atomic mass is 16.1. The molecule has 0 saturated heterocycles. The average molecular weight is 238 g/mol. The lowest BCUT2D eigenvalue weighted by atomic mass is 10.0. The van der Waals surface area contributed by atoms with Gasteiger partial charge in [0.25, 0.3) is 0 Å². The van der Waals surface area contributed by atoms with E-state index in [2.05, 4.69) is 0 Å². The second kappa shape index (κ2) is 15.3. The maximum Gasteiger partial charge on any atom is 0.198 e. The Morgan fingerprint density at radius 2 is 0.647 bits per heavy atom. The molecule has 0 fully saturated rings. The second-order valence-electron chi connectivity index (χ2n) is 4.68. The predicted molar refractivity (Wildman–Crippen MR) is 71.4 cm³/mol. The molecule has 0 unspecified atom stereocenters. The van der Waals surface area contributed by atoms with E-state index in [9.17, 15) is 9.59 Å². The topological polar surface area (TPSA) is 34.1 Å². The molecular formula is C15H26O2. The van der Waals surface area contributed by atoms with Gasteiger partial charge in [0.1, 0.15) is 0 Å². The van der Waals surface area contributed by atoms with E-state index >= 15 is 0 Å². The third kappa shape index (κ3) is 15.3. The van der Waals surface area contributed by atoms with Crippen molar-refractivity contribution in [3.63, 3.8) is 0 Å². The molecule has 0 aliphatic rings. The molecule has 0 aliphatic heterocycles. The zero-order valence-electron chi connectivity index (χ0n) is 11.0. The number of carbonyl (C=O) groups excluding carboxylic acids is 2. The Kier molecular flexibility index (Phi) is 14.7. The van der Waals surface area contributed by atoms with Gasteiger partial charge in [0.05, 0.1) is 0 Å². The van der Waals surface area contributed by atoms with Crippen molar-refractivity contribution in [2.24, 2.45) is 0 Å². The molecular weight excluding hydrogens is 212 g/mol. The summed E-state index contributed by atoms with van der Waals surface area (Å²) in [5.41, 5.74) is 0. The van der Waals surface area contributed by atoms with Crippen LogP contribution in [0.4, 0.5) is 0 Å². The molecule has 2 nitrogen and oxygen atoms in total. The van der Waals surface area contributed by atoms with Gasteiger partial charge in [-0.25, -0.2) is 0 Å². The van der Waals surface area contributed by atoms with Gasteiger partial charge in [-0.05, 0) is 12.8 Å². The van der Waals surface area contributed by atoms with Gasteiger partial charge in [-0.15, -0.1) is 0 Å². The Morgan fingerprint density at radius 3 is 0.882 bits per heavy atom. The summed E-state index contributed by atoms with van der Waals surface area (Å²) in [5.74, 6) is 0. The highest BCUT2D eigenvalue weighted by Gasteiger charge is 1.93. The van der Waals surface area contributed by atoms with Crippen molar-refractivity contribution in [3.8, 4) is 0 Å². The average Bonchev–Trinajstić information content (AvgIpc) is 2.35. The normalized spacial score (nSPS) is 10.4. The maximum atomic E-state index is 9.96. The van der Waals surface area contributed by atoms with Crippen LogP contribution in [-0.2, 0) is 9.59 Å². The van der Waals surface area contributed by atoms with Gasteiger partial charge < -0.3 is 0 Å². The van der Waals surface area contributed by atoms with Crippen LogP contribution in [0, 0.1) is 0 Å². The maximum absolute atomic E-state index is 9.96. The van der Waals surface area contributed by atoms with Crippen molar-refractivity contribution < 1.29 is 9.59 Å². The molecule has 0 amide bonds. The first-order valence-electron chi connectivity index (χ1n) is 7.12. The number of rotatable bonds is 14. The highest BCUT2D eigenvalue weighted by Crippen LogP contribution is 2.11. The van der Waals surface area contributed by atoms with Crippen LogP contribution < -0.4 is 0 Å². The van der Waals surface area contributed by atoms with Gasteiger partial charge in [-0.2, -0.15) is 0 Å². The van der Waals surface area contributed by atoms with Gasteiger partial charge in [0.2, 0.25) is 0 Å². The molecule has 0 saturated carbocycles. The van der Waals surface area contributed by atoms with E-state index in [1.54, 1.807) is 0 Å². The van der Waals surface area contributed by atoms with Crippen molar-refractivity contribution in [2.75, 3.05) is 0 Å². The molecule has 0 aromatic heterocycles. The lowest BCUT2D eigenvalue weighted by Crippen LogP contribution is -1.83. The van der Waals surface area contributed by atoms with Crippen molar-refractivity contribution in [3.05, 3.63) is 0 Å². The first-order chi connectivity index (χ1) is 8.41. The smallest absolute Gasteiger partial charge is 0.198 e. The van der Waals surface area contributed by atoms with E-state index in [-0.39, 0.29) is 0 Å². The third-order valence-electron chi connectivity index (χ3n) is 3.06. The molecule has 0 N–H and O–H groups in total. The Balaban J connectivity index is 2.89. The van der Waals surface area contributed by atoms with Gasteiger partial charge >= 0.3 is 0 Å². The molecule has 0 bridgehead atoms. The predicted octanol–water partition coefficient (Wildman–Crippen LogP) is 4.28. The Labute approximate surface area is 106 Å². The molecule has 0 rings (SSSR count). The monoisotopic (exact) mass is 238 g/mol. The van der Waals surface area contributed by atoms with Crippen molar-refractivity contribution in [1.29, 1.82) is 0 Å². The number of unbranched alkanes of at least 4 members (excludes halogenated alkanes) is 12. The van der Waals surface area contributed by atoms with E-state index < -0.39 is 0 Å². The Hall–Kier alpha value is -0.660. The Morgan fingerprint density at radius 1 is 0.412 bits per heavy atom. The van der Waals surface area contributed by atoms with Crippen molar-refractivity contribution >= 4 is 12.6 Å². The lowest BCUT2D eigenvalue weighted by molar-refractivity contribution is 0.529. The summed E-state index contributed by atoms with van der Waals surface area (Å²) >= 11 is 0. The molecule has 0 atom stereocenters. The molecule has 0 spiro atoms. The van der Waals surface area contributed by atoms with E-state index in [0.29, 0.717) is 12.8 Å². The van der Waals surface area contributed by atoms with Crippen LogP contribution in [-0.4, -0.2) is 12.6 Å². The molecule has 2 heteroatoms. The van der Waals surface area contributed by atoms with Gasteiger partial charge in [-0.3, -0.25) is 9.59 Å². The van der Waals surface area contributed by atoms with E-state index in [0.717, 1.165) is 12.8 Å². The fourth-order valence-corrected chi connectivity index (χ4v) is 1.99. The second-order valence-corrected chi connectivity index (χ2v) is 4.68. The fourth-order valence-electron chi connectivity index (χ4n) is 1.99. The van der Waals surface area contributed by atoms with E-state index in [1.807, 2.05) is 12.6 Å². The fraction of sp³-hybridized carbons (Fsp3) is 0.867. The van der Waals surface area contributed by atoms with Crippen LogP contribution in [0.5, 0.6) is 0 Å². The van der Waals surface area contributed by atoms with Crippen LogP contribution in [0.3, 0.4) is 0 Å². The molecule has 0 aromatic carbocycles. The number of hydrogen-bond donors (Lipinski definition) is 0. The van der Waals surface area contributed by atoms with Crippen molar-refractivity contribution in [2.45, 2.75) is 83.5 Å². The first-order valence-corrected chi connectivity index (χ1v) is 7.12. The molecule has 0 heterocycles. The molecule has 0 aromatic rings. The molecule has 2 radical (unpaired) electrons. The molecule has 17 heavy (non-hydrogen) atoms. The Bertz CT molecular complexity index is 148. The summed E-state index contributed by atoms with van der Waals surface area (Å²) in [5, 5.41) is 0. The van der Waals surface area contributed by atoms with E-state index in [1.165, 1.54) is 57.8 Å². The van der Waals surface area contributed by atoms with Gasteiger partial charge in [-0.1, -0.05) is 57.8 Å². The quantitative estimate of drug-likeness (QED) is 0.423.